The maximum Gasteiger partial charge on any atom is 0.271 e. The molecular weight excluding hydrogens is 368 g/mol. The molecule has 3 aromatic rings. The zero-order valence-corrected chi connectivity index (χ0v) is 16.6. The maximum atomic E-state index is 12.5. The number of rotatable bonds is 5. The van der Waals surface area contributed by atoms with Crippen LogP contribution in [-0.4, -0.2) is 43.0 Å². The molecule has 3 heterocycles. The number of aryl methyl sites for hydroxylation is 2. The van der Waals surface area contributed by atoms with Crippen LogP contribution in [0.2, 0.25) is 0 Å². The second-order valence-electron chi connectivity index (χ2n) is 6.98. The van der Waals surface area contributed by atoms with Crippen LogP contribution < -0.4 is 10.3 Å². The van der Waals surface area contributed by atoms with E-state index in [1.165, 1.54) is 6.21 Å². The van der Waals surface area contributed by atoms with Crippen molar-refractivity contribution < 1.29 is 13.9 Å². The lowest BCUT2D eigenvalue weighted by Crippen LogP contribution is -2.35. The van der Waals surface area contributed by atoms with Crippen LogP contribution in [0.25, 0.3) is 5.69 Å². The molecule has 7 heteroatoms. The van der Waals surface area contributed by atoms with E-state index in [9.17, 15) is 4.79 Å². The molecule has 0 atom stereocenters. The van der Waals surface area contributed by atoms with Crippen LogP contribution in [0, 0.1) is 13.8 Å². The number of ether oxygens (including phenoxy) is 1. The number of hydrazone groups is 1. The minimum Gasteiger partial charge on any atom is -0.440 e. The van der Waals surface area contributed by atoms with Gasteiger partial charge in [-0.25, -0.2) is 5.43 Å². The minimum atomic E-state index is -0.273. The lowest BCUT2D eigenvalue weighted by Gasteiger charge is -2.26. The molecule has 1 amide bonds. The number of carbonyl (C=O) groups excluding carboxylic acids is 1. The van der Waals surface area contributed by atoms with Crippen molar-refractivity contribution in [1.82, 2.24) is 9.99 Å². The van der Waals surface area contributed by atoms with Crippen molar-refractivity contribution in [2.45, 2.75) is 13.8 Å². The fourth-order valence-corrected chi connectivity index (χ4v) is 3.45. The van der Waals surface area contributed by atoms with E-state index in [0.717, 1.165) is 36.0 Å². The van der Waals surface area contributed by atoms with Gasteiger partial charge in [0.25, 0.3) is 5.91 Å². The van der Waals surface area contributed by atoms with Gasteiger partial charge in [0.2, 0.25) is 0 Å². The van der Waals surface area contributed by atoms with E-state index in [0.29, 0.717) is 24.5 Å². The number of hydrogen-bond acceptors (Lipinski definition) is 5. The summed E-state index contributed by atoms with van der Waals surface area (Å²) in [6, 6.07) is 15.3. The highest BCUT2D eigenvalue weighted by Crippen LogP contribution is 2.19. The molecule has 2 aromatic heterocycles. The van der Waals surface area contributed by atoms with E-state index in [1.807, 2.05) is 44.2 Å². The Balaban J connectivity index is 1.41. The zero-order valence-electron chi connectivity index (χ0n) is 16.6. The number of carbonyl (C=O) groups is 1. The summed E-state index contributed by atoms with van der Waals surface area (Å²) in [5.74, 6) is 1.09. The number of nitrogens with one attached hydrogen (secondary N) is 1. The Hall–Kier alpha value is -3.32. The van der Waals surface area contributed by atoms with Gasteiger partial charge < -0.3 is 18.6 Å². The molecule has 1 aromatic carbocycles. The van der Waals surface area contributed by atoms with Crippen LogP contribution in [0.4, 0.5) is 5.88 Å². The Bertz CT molecular complexity index is 1010. The minimum absolute atomic E-state index is 0.273. The molecule has 0 bridgehead atoms. The van der Waals surface area contributed by atoms with Crippen LogP contribution in [0.1, 0.15) is 27.5 Å². The largest absolute Gasteiger partial charge is 0.440 e. The van der Waals surface area contributed by atoms with Gasteiger partial charge in [-0.2, -0.15) is 5.10 Å². The van der Waals surface area contributed by atoms with Crippen molar-refractivity contribution in [2.75, 3.05) is 31.2 Å². The summed E-state index contributed by atoms with van der Waals surface area (Å²) in [6.07, 6.45) is 1.51. The van der Waals surface area contributed by atoms with E-state index < -0.39 is 0 Å². The number of morpholine rings is 1. The highest BCUT2D eigenvalue weighted by molar-refractivity contribution is 5.95. The summed E-state index contributed by atoms with van der Waals surface area (Å²) < 4.78 is 13.2. The predicted molar refractivity (Wildman–Crippen MR) is 112 cm³/mol. The highest BCUT2D eigenvalue weighted by atomic mass is 16.5. The summed E-state index contributed by atoms with van der Waals surface area (Å²) in [5, 5.41) is 4.04. The molecule has 1 N–H and O–H groups in total. The lowest BCUT2D eigenvalue weighted by molar-refractivity contribution is 0.0955. The topological polar surface area (TPSA) is 72.0 Å². The van der Waals surface area contributed by atoms with Gasteiger partial charge in [0.15, 0.2) is 5.88 Å². The number of furan rings is 1. The summed E-state index contributed by atoms with van der Waals surface area (Å²) in [5.41, 5.74) is 6.29. The normalized spacial score (nSPS) is 14.5. The van der Waals surface area contributed by atoms with E-state index in [2.05, 4.69) is 32.1 Å². The maximum absolute atomic E-state index is 12.5. The van der Waals surface area contributed by atoms with Crippen molar-refractivity contribution in [2.24, 2.45) is 5.10 Å². The molecule has 1 aliphatic rings. The summed E-state index contributed by atoms with van der Waals surface area (Å²) in [7, 11) is 0. The first-order chi connectivity index (χ1) is 14.1. The third-order valence-corrected chi connectivity index (χ3v) is 4.93. The van der Waals surface area contributed by atoms with E-state index in [1.54, 1.807) is 6.07 Å². The number of aromatic nitrogens is 1. The molecule has 1 fully saturated rings. The fourth-order valence-electron chi connectivity index (χ4n) is 3.45. The van der Waals surface area contributed by atoms with Crippen molar-refractivity contribution in [3.63, 3.8) is 0 Å². The smallest absolute Gasteiger partial charge is 0.271 e. The number of anilines is 1. The Morgan fingerprint density at radius 1 is 1.07 bits per heavy atom. The van der Waals surface area contributed by atoms with Crippen LogP contribution in [0.15, 0.2) is 58.0 Å². The van der Waals surface area contributed by atoms with Gasteiger partial charge in [0.1, 0.15) is 5.76 Å². The van der Waals surface area contributed by atoms with Crippen LogP contribution in [0.5, 0.6) is 0 Å². The zero-order chi connectivity index (χ0) is 20.2. The van der Waals surface area contributed by atoms with Gasteiger partial charge in [-0.1, -0.05) is 6.07 Å². The van der Waals surface area contributed by atoms with Crippen LogP contribution in [-0.2, 0) is 4.74 Å². The molecule has 0 radical (unpaired) electrons. The Morgan fingerprint density at radius 2 is 1.83 bits per heavy atom. The van der Waals surface area contributed by atoms with Crippen molar-refractivity contribution in [3.05, 3.63) is 71.2 Å². The van der Waals surface area contributed by atoms with Crippen LogP contribution >= 0.6 is 0 Å². The molecular formula is C22H24N4O3. The molecule has 0 spiro atoms. The lowest BCUT2D eigenvalue weighted by atomic mass is 10.2. The monoisotopic (exact) mass is 392 g/mol. The number of amides is 1. The van der Waals surface area contributed by atoms with Crippen molar-refractivity contribution in [1.29, 1.82) is 0 Å². The second kappa shape index (κ2) is 8.36. The average molecular weight is 392 g/mol. The summed E-state index contributed by atoms with van der Waals surface area (Å²) >= 11 is 0. The van der Waals surface area contributed by atoms with Gasteiger partial charge in [-0.15, -0.1) is 0 Å². The molecule has 1 aliphatic heterocycles. The number of nitrogens with zero attached hydrogens (tertiary/aromatic N) is 3. The van der Waals surface area contributed by atoms with Gasteiger partial charge in [-0.05, 0) is 50.2 Å². The fraction of sp³-hybridized carbons (Fsp3) is 0.273. The third-order valence-electron chi connectivity index (χ3n) is 4.93. The first-order valence-electron chi connectivity index (χ1n) is 9.63. The molecule has 0 unspecified atom stereocenters. The number of hydrogen-bond donors (Lipinski definition) is 1. The van der Waals surface area contributed by atoms with Crippen molar-refractivity contribution in [3.8, 4) is 5.69 Å². The summed E-state index contributed by atoms with van der Waals surface area (Å²) in [4.78, 5) is 14.6. The SMILES string of the molecule is Cc1ccc(C)n1-c1cccc(C(=O)N/N=C\c2ccc(N3CCOCC3)o2)c1. The van der Waals surface area contributed by atoms with Crippen molar-refractivity contribution >= 4 is 18.0 Å². The van der Waals surface area contributed by atoms with Gasteiger partial charge >= 0.3 is 0 Å². The molecule has 4 rings (SSSR count). The molecule has 7 nitrogen and oxygen atoms in total. The second-order valence-corrected chi connectivity index (χ2v) is 6.98. The first-order valence-corrected chi connectivity index (χ1v) is 9.63. The van der Waals surface area contributed by atoms with Gasteiger partial charge in [0, 0.05) is 41.8 Å². The Labute approximate surface area is 169 Å². The third kappa shape index (κ3) is 4.25. The van der Waals surface area contributed by atoms with E-state index in [4.69, 9.17) is 9.15 Å². The standard InChI is InChI=1S/C22H24N4O3/c1-16-6-7-17(2)26(16)19-5-3-4-18(14-19)22(27)24-23-15-20-8-9-21(29-20)25-10-12-28-13-11-25/h3-9,14-15H,10-13H2,1-2H3,(H,24,27)/b23-15-. The van der Waals surface area contributed by atoms with Crippen LogP contribution in [0.3, 0.4) is 0 Å². The molecule has 0 saturated carbocycles. The molecule has 0 aliphatic carbocycles. The first kappa shape index (κ1) is 19.0. The molecule has 150 valence electrons. The van der Waals surface area contributed by atoms with E-state index >= 15 is 0 Å². The van der Waals surface area contributed by atoms with Gasteiger partial charge in [0.05, 0.1) is 19.4 Å². The molecule has 29 heavy (non-hydrogen) atoms. The van der Waals surface area contributed by atoms with E-state index in [-0.39, 0.29) is 5.91 Å². The quantitative estimate of drug-likeness (QED) is 0.534. The van der Waals surface area contributed by atoms with Gasteiger partial charge in [-0.3, -0.25) is 4.79 Å². The molecule has 1 saturated heterocycles. The highest BCUT2D eigenvalue weighted by Gasteiger charge is 2.14. The Morgan fingerprint density at radius 3 is 2.59 bits per heavy atom. The Kier molecular flexibility index (Phi) is 5.48. The summed E-state index contributed by atoms with van der Waals surface area (Å²) in [6.45, 7) is 7.08. The average Bonchev–Trinajstić information content (AvgIpc) is 3.35. The number of benzene rings is 1. The predicted octanol–water partition coefficient (Wildman–Crippen LogP) is 3.29.